The van der Waals surface area contributed by atoms with Crippen LogP contribution in [-0.4, -0.2) is 45.6 Å². The first kappa shape index (κ1) is 21.7. The molecule has 31 heavy (non-hydrogen) atoms. The van der Waals surface area contributed by atoms with Crippen molar-refractivity contribution in [2.45, 2.75) is 22.2 Å². The van der Waals surface area contributed by atoms with Crippen molar-refractivity contribution in [3.63, 3.8) is 0 Å². The summed E-state index contributed by atoms with van der Waals surface area (Å²) in [5.41, 5.74) is 7.65. The number of carbonyl (C=O) groups excluding carboxylic acids is 2. The molecule has 160 valence electrons. The summed E-state index contributed by atoms with van der Waals surface area (Å²) in [4.78, 5) is 38.5. The zero-order valence-electron chi connectivity index (χ0n) is 16.6. The standard InChI is InChI=1S/C23H22N2O4S2/c24-18(13-7-3-1-4-8-13)22(27)25-19-20(26)17-16(23(28)29)14(12-31-21(17)19)11-30-15-9-5-2-6-10-15/h1-10,17-19,21H,11-12,24H2,(H,25,27)(H,28,29)/t17?,18-,19-,21+/m1/s1. The third-order valence-corrected chi connectivity index (χ3v) is 8.08. The molecule has 0 spiro atoms. The second-order valence-corrected chi connectivity index (χ2v) is 9.67. The van der Waals surface area contributed by atoms with E-state index in [4.69, 9.17) is 5.73 Å². The lowest BCUT2D eigenvalue weighted by Gasteiger charge is -2.46. The average molecular weight is 455 g/mol. The molecule has 4 rings (SSSR count). The molecular formula is C23H22N2O4S2. The van der Waals surface area contributed by atoms with Crippen molar-refractivity contribution in [1.82, 2.24) is 5.32 Å². The van der Waals surface area contributed by atoms with Gasteiger partial charge in [0, 0.05) is 27.2 Å². The fraction of sp³-hybridized carbons (Fsp3) is 0.261. The number of ketones is 1. The molecule has 6 nitrogen and oxygen atoms in total. The highest BCUT2D eigenvalue weighted by Gasteiger charge is 2.56. The molecule has 0 saturated heterocycles. The van der Waals surface area contributed by atoms with Crippen molar-refractivity contribution in [3.05, 3.63) is 77.4 Å². The van der Waals surface area contributed by atoms with Crippen LogP contribution in [0.1, 0.15) is 11.6 Å². The Morgan fingerprint density at radius 1 is 1.13 bits per heavy atom. The molecular weight excluding hydrogens is 432 g/mol. The van der Waals surface area contributed by atoms with Gasteiger partial charge in [0.25, 0.3) is 0 Å². The van der Waals surface area contributed by atoms with Crippen LogP contribution < -0.4 is 11.1 Å². The number of fused-ring (bicyclic) bond motifs is 1. The van der Waals surface area contributed by atoms with Crippen molar-refractivity contribution in [1.29, 1.82) is 0 Å². The number of hydrogen-bond acceptors (Lipinski definition) is 6. The molecule has 1 unspecified atom stereocenters. The van der Waals surface area contributed by atoms with Gasteiger partial charge >= 0.3 is 5.97 Å². The highest BCUT2D eigenvalue weighted by molar-refractivity contribution is 8.01. The first-order valence-electron chi connectivity index (χ1n) is 9.86. The maximum absolute atomic E-state index is 12.9. The normalized spacial score (nSPS) is 23.5. The molecule has 2 aromatic rings. The minimum Gasteiger partial charge on any atom is -0.478 e. The van der Waals surface area contributed by atoms with Crippen LogP contribution in [0.4, 0.5) is 0 Å². The Bertz CT molecular complexity index is 1030. The van der Waals surface area contributed by atoms with Crippen molar-refractivity contribution in [2.75, 3.05) is 11.5 Å². The van der Waals surface area contributed by atoms with Crippen LogP contribution in [0.2, 0.25) is 0 Å². The van der Waals surface area contributed by atoms with E-state index in [9.17, 15) is 19.5 Å². The number of nitrogens with two attached hydrogens (primary N) is 1. The third kappa shape index (κ3) is 4.42. The van der Waals surface area contributed by atoms with Crippen LogP contribution in [0.5, 0.6) is 0 Å². The van der Waals surface area contributed by atoms with E-state index < -0.39 is 29.9 Å². The maximum atomic E-state index is 12.9. The molecule has 4 atom stereocenters. The molecule has 2 aliphatic rings. The van der Waals surface area contributed by atoms with Gasteiger partial charge in [-0.1, -0.05) is 48.5 Å². The lowest BCUT2D eigenvalue weighted by molar-refractivity contribution is -0.140. The molecule has 0 bridgehead atoms. The van der Waals surface area contributed by atoms with Gasteiger partial charge in [-0.3, -0.25) is 9.59 Å². The molecule has 1 amide bonds. The molecule has 0 aromatic heterocycles. The summed E-state index contributed by atoms with van der Waals surface area (Å²) in [6.07, 6.45) is 0. The van der Waals surface area contributed by atoms with E-state index in [1.165, 1.54) is 11.8 Å². The average Bonchev–Trinajstić information content (AvgIpc) is 2.80. The van der Waals surface area contributed by atoms with Gasteiger partial charge in [0.1, 0.15) is 12.1 Å². The maximum Gasteiger partial charge on any atom is 0.332 e. The van der Waals surface area contributed by atoms with Crippen LogP contribution in [-0.2, 0) is 14.4 Å². The van der Waals surface area contributed by atoms with Gasteiger partial charge < -0.3 is 16.2 Å². The molecule has 4 N–H and O–H groups in total. The topological polar surface area (TPSA) is 109 Å². The Labute approximate surface area is 188 Å². The summed E-state index contributed by atoms with van der Waals surface area (Å²) in [6.45, 7) is 0. The Morgan fingerprint density at radius 2 is 1.77 bits per heavy atom. The summed E-state index contributed by atoms with van der Waals surface area (Å²) in [7, 11) is 0. The van der Waals surface area contributed by atoms with Crippen LogP contribution in [0.3, 0.4) is 0 Å². The van der Waals surface area contributed by atoms with Gasteiger partial charge in [0.15, 0.2) is 5.78 Å². The first-order valence-corrected chi connectivity index (χ1v) is 11.9. The van der Waals surface area contributed by atoms with Crippen LogP contribution >= 0.6 is 23.5 Å². The summed E-state index contributed by atoms with van der Waals surface area (Å²) >= 11 is 3.09. The molecule has 1 heterocycles. The number of rotatable bonds is 7. The van der Waals surface area contributed by atoms with Crippen molar-refractivity contribution >= 4 is 41.2 Å². The summed E-state index contributed by atoms with van der Waals surface area (Å²) < 4.78 is 0. The van der Waals surface area contributed by atoms with E-state index in [1.807, 2.05) is 36.4 Å². The smallest absolute Gasteiger partial charge is 0.332 e. The highest BCUT2D eigenvalue weighted by atomic mass is 32.2. The lowest BCUT2D eigenvalue weighted by Crippen LogP contribution is -2.66. The van der Waals surface area contributed by atoms with Crippen LogP contribution in [0.15, 0.2) is 76.7 Å². The van der Waals surface area contributed by atoms with Gasteiger partial charge in [0.2, 0.25) is 5.91 Å². The Balaban J connectivity index is 1.46. The number of carboxylic acid groups (broad SMARTS) is 1. The minimum absolute atomic E-state index is 0.190. The largest absolute Gasteiger partial charge is 0.478 e. The predicted molar refractivity (Wildman–Crippen MR) is 122 cm³/mol. The van der Waals surface area contributed by atoms with Gasteiger partial charge in [-0.2, -0.15) is 11.8 Å². The molecule has 2 aromatic carbocycles. The van der Waals surface area contributed by atoms with E-state index in [1.54, 1.807) is 36.0 Å². The highest BCUT2D eigenvalue weighted by Crippen LogP contribution is 2.46. The number of hydrogen-bond donors (Lipinski definition) is 3. The number of thioether (sulfide) groups is 2. The van der Waals surface area contributed by atoms with Crippen molar-refractivity contribution < 1.29 is 19.5 Å². The van der Waals surface area contributed by atoms with E-state index in [0.29, 0.717) is 17.1 Å². The van der Waals surface area contributed by atoms with Gasteiger partial charge in [-0.15, -0.1) is 11.8 Å². The first-order chi connectivity index (χ1) is 15.0. The zero-order valence-corrected chi connectivity index (χ0v) is 18.2. The van der Waals surface area contributed by atoms with Gasteiger partial charge in [-0.25, -0.2) is 4.79 Å². The SMILES string of the molecule is N[C@@H](C(=O)N[C@@H]1C(=O)C2C(C(=O)O)=C(CSc3ccccc3)CS[C@@H]21)c1ccccc1. The summed E-state index contributed by atoms with van der Waals surface area (Å²) in [5.74, 6) is -1.41. The van der Waals surface area contributed by atoms with Gasteiger partial charge in [-0.05, 0) is 23.3 Å². The second kappa shape index (κ2) is 9.30. The van der Waals surface area contributed by atoms with E-state index >= 15 is 0 Å². The molecule has 0 radical (unpaired) electrons. The van der Waals surface area contributed by atoms with E-state index in [-0.39, 0.29) is 16.6 Å². The fourth-order valence-electron chi connectivity index (χ4n) is 3.88. The third-order valence-electron chi connectivity index (χ3n) is 5.54. The number of benzene rings is 2. The van der Waals surface area contributed by atoms with Gasteiger partial charge in [0.05, 0.1) is 5.92 Å². The molecule has 8 heteroatoms. The minimum atomic E-state index is -1.06. The summed E-state index contributed by atoms with van der Waals surface area (Å²) in [5, 5.41) is 12.3. The number of carbonyl (C=O) groups is 3. The van der Waals surface area contributed by atoms with Crippen molar-refractivity contribution in [2.24, 2.45) is 11.7 Å². The van der Waals surface area contributed by atoms with Crippen LogP contribution in [0.25, 0.3) is 0 Å². The Morgan fingerprint density at radius 3 is 2.42 bits per heavy atom. The number of Topliss-reactive ketones (excluding diaryl/α,β-unsaturated/α-hetero) is 1. The Kier molecular flexibility index (Phi) is 6.50. The van der Waals surface area contributed by atoms with E-state index in [0.717, 1.165) is 10.5 Å². The summed E-state index contributed by atoms with van der Waals surface area (Å²) in [6, 6.07) is 17.1. The number of nitrogens with one attached hydrogen (secondary N) is 1. The lowest BCUT2D eigenvalue weighted by atomic mass is 9.71. The van der Waals surface area contributed by atoms with E-state index in [2.05, 4.69) is 5.32 Å². The molecule has 1 aliphatic carbocycles. The fourth-order valence-corrected chi connectivity index (χ4v) is 6.47. The number of aliphatic carboxylic acids is 1. The van der Waals surface area contributed by atoms with Crippen LogP contribution in [0, 0.1) is 5.92 Å². The number of amides is 1. The molecule has 1 fully saturated rings. The quantitative estimate of drug-likeness (QED) is 0.552. The predicted octanol–water partition coefficient (Wildman–Crippen LogP) is 2.66. The zero-order chi connectivity index (χ0) is 22.0. The monoisotopic (exact) mass is 454 g/mol. The van der Waals surface area contributed by atoms with Crippen molar-refractivity contribution in [3.8, 4) is 0 Å². The Hall–Kier alpha value is -2.55. The second-order valence-electron chi connectivity index (χ2n) is 7.45. The molecule has 1 saturated carbocycles. The number of carboxylic acids is 1. The molecule has 1 aliphatic heterocycles.